The number of fused-ring (bicyclic) bond motifs is 1. The molecule has 1 fully saturated rings. The van der Waals surface area contributed by atoms with E-state index in [4.69, 9.17) is 0 Å². The Morgan fingerprint density at radius 1 is 1.19 bits per heavy atom. The van der Waals surface area contributed by atoms with Crippen LogP contribution in [0.15, 0.2) is 36.5 Å². The highest BCUT2D eigenvalue weighted by Crippen LogP contribution is 2.27. The maximum Gasteiger partial charge on any atom is 0.0525 e. The van der Waals surface area contributed by atoms with Gasteiger partial charge in [-0.25, -0.2) is 0 Å². The SMILES string of the molecule is c1ccc2c(C3CCCNC3)nccc2c1. The van der Waals surface area contributed by atoms with Crippen molar-refractivity contribution in [2.75, 3.05) is 13.1 Å². The fourth-order valence-electron chi connectivity index (χ4n) is 2.55. The summed E-state index contributed by atoms with van der Waals surface area (Å²) in [7, 11) is 0. The lowest BCUT2D eigenvalue weighted by molar-refractivity contribution is 0.457. The second-order valence-corrected chi connectivity index (χ2v) is 4.46. The molecule has 0 radical (unpaired) electrons. The number of hydrogen-bond donors (Lipinski definition) is 1. The normalized spacial score (nSPS) is 21.1. The third kappa shape index (κ3) is 1.69. The molecule has 2 aromatic rings. The van der Waals surface area contributed by atoms with E-state index in [2.05, 4.69) is 40.6 Å². The summed E-state index contributed by atoms with van der Waals surface area (Å²) in [6.07, 6.45) is 4.45. The molecule has 0 bridgehead atoms. The summed E-state index contributed by atoms with van der Waals surface area (Å²) < 4.78 is 0. The fourth-order valence-corrected chi connectivity index (χ4v) is 2.55. The van der Waals surface area contributed by atoms with E-state index in [1.165, 1.54) is 29.3 Å². The van der Waals surface area contributed by atoms with E-state index in [1.807, 2.05) is 6.20 Å². The second kappa shape index (κ2) is 4.22. The van der Waals surface area contributed by atoms with Gasteiger partial charge in [0.05, 0.1) is 5.69 Å². The van der Waals surface area contributed by atoms with Crippen molar-refractivity contribution in [3.05, 3.63) is 42.2 Å². The van der Waals surface area contributed by atoms with Crippen LogP contribution in [-0.2, 0) is 0 Å². The van der Waals surface area contributed by atoms with Crippen molar-refractivity contribution < 1.29 is 0 Å². The maximum absolute atomic E-state index is 4.59. The number of nitrogens with zero attached hydrogens (tertiary/aromatic N) is 1. The fraction of sp³-hybridized carbons (Fsp3) is 0.357. The van der Waals surface area contributed by atoms with Crippen molar-refractivity contribution in [1.29, 1.82) is 0 Å². The zero-order valence-corrected chi connectivity index (χ0v) is 9.32. The number of hydrogen-bond acceptors (Lipinski definition) is 2. The average molecular weight is 212 g/mol. The minimum atomic E-state index is 0.583. The molecular weight excluding hydrogens is 196 g/mol. The Morgan fingerprint density at radius 3 is 3.00 bits per heavy atom. The number of piperidine rings is 1. The van der Waals surface area contributed by atoms with Gasteiger partial charge in [-0.3, -0.25) is 4.98 Å². The molecule has 82 valence electrons. The predicted octanol–water partition coefficient (Wildman–Crippen LogP) is 2.70. The van der Waals surface area contributed by atoms with E-state index in [0.717, 1.165) is 13.1 Å². The number of nitrogens with one attached hydrogen (secondary N) is 1. The van der Waals surface area contributed by atoms with Gasteiger partial charge < -0.3 is 5.32 Å². The standard InChI is InChI=1S/C14H16N2/c1-2-6-13-11(4-1)7-9-16-14(13)12-5-3-8-15-10-12/h1-2,4,6-7,9,12,15H,3,5,8,10H2. The lowest BCUT2D eigenvalue weighted by Gasteiger charge is -2.23. The molecule has 1 aliphatic heterocycles. The molecule has 16 heavy (non-hydrogen) atoms. The third-order valence-corrected chi connectivity index (χ3v) is 3.39. The van der Waals surface area contributed by atoms with Gasteiger partial charge in [0.15, 0.2) is 0 Å². The number of benzene rings is 1. The number of aromatic nitrogens is 1. The zero-order chi connectivity index (χ0) is 10.8. The Hall–Kier alpha value is -1.41. The molecule has 0 saturated carbocycles. The lowest BCUT2D eigenvalue weighted by atomic mass is 9.92. The molecule has 3 rings (SSSR count). The van der Waals surface area contributed by atoms with Gasteiger partial charge in [-0.2, -0.15) is 0 Å². The van der Waals surface area contributed by atoms with Crippen LogP contribution in [0, 0.1) is 0 Å². The molecular formula is C14H16N2. The summed E-state index contributed by atoms with van der Waals surface area (Å²) in [4.78, 5) is 4.59. The van der Waals surface area contributed by atoms with Crippen LogP contribution in [0.25, 0.3) is 10.8 Å². The van der Waals surface area contributed by atoms with Crippen molar-refractivity contribution in [2.24, 2.45) is 0 Å². The molecule has 2 heterocycles. The Kier molecular flexibility index (Phi) is 2.58. The van der Waals surface area contributed by atoms with Gasteiger partial charge in [-0.15, -0.1) is 0 Å². The van der Waals surface area contributed by atoms with Crippen molar-refractivity contribution in [3.63, 3.8) is 0 Å². The molecule has 0 spiro atoms. The topological polar surface area (TPSA) is 24.9 Å². The molecule has 1 aliphatic rings. The largest absolute Gasteiger partial charge is 0.316 e. The summed E-state index contributed by atoms with van der Waals surface area (Å²) in [5, 5.41) is 6.08. The molecule has 1 saturated heterocycles. The molecule has 2 heteroatoms. The van der Waals surface area contributed by atoms with Crippen molar-refractivity contribution >= 4 is 10.8 Å². The van der Waals surface area contributed by atoms with Gasteiger partial charge in [0, 0.05) is 24.0 Å². The van der Waals surface area contributed by atoms with E-state index in [9.17, 15) is 0 Å². The highest BCUT2D eigenvalue weighted by Gasteiger charge is 2.18. The first-order chi connectivity index (χ1) is 7.95. The molecule has 1 N–H and O–H groups in total. The minimum absolute atomic E-state index is 0.583. The van der Waals surface area contributed by atoms with Crippen LogP contribution in [0.4, 0.5) is 0 Å². The molecule has 0 aliphatic carbocycles. The number of rotatable bonds is 1. The lowest BCUT2D eigenvalue weighted by Crippen LogP contribution is -2.28. The summed E-state index contributed by atoms with van der Waals surface area (Å²) in [5.41, 5.74) is 1.27. The van der Waals surface area contributed by atoms with Gasteiger partial charge in [-0.05, 0) is 30.8 Å². The van der Waals surface area contributed by atoms with Crippen LogP contribution in [0.1, 0.15) is 24.5 Å². The molecule has 1 atom stereocenters. The second-order valence-electron chi connectivity index (χ2n) is 4.46. The van der Waals surface area contributed by atoms with E-state index in [0.29, 0.717) is 5.92 Å². The van der Waals surface area contributed by atoms with Crippen LogP contribution < -0.4 is 5.32 Å². The first-order valence-electron chi connectivity index (χ1n) is 5.99. The highest BCUT2D eigenvalue weighted by atomic mass is 14.9. The third-order valence-electron chi connectivity index (χ3n) is 3.39. The Morgan fingerprint density at radius 2 is 2.12 bits per heavy atom. The molecule has 0 amide bonds. The van der Waals surface area contributed by atoms with E-state index < -0.39 is 0 Å². The van der Waals surface area contributed by atoms with Gasteiger partial charge >= 0.3 is 0 Å². The summed E-state index contributed by atoms with van der Waals surface area (Å²) in [6.45, 7) is 2.22. The first-order valence-corrected chi connectivity index (χ1v) is 5.99. The smallest absolute Gasteiger partial charge is 0.0525 e. The monoisotopic (exact) mass is 212 g/mol. The maximum atomic E-state index is 4.59. The molecule has 1 unspecified atom stereocenters. The van der Waals surface area contributed by atoms with Gasteiger partial charge in [0.25, 0.3) is 0 Å². The minimum Gasteiger partial charge on any atom is -0.316 e. The van der Waals surface area contributed by atoms with Gasteiger partial charge in [0.1, 0.15) is 0 Å². The highest BCUT2D eigenvalue weighted by molar-refractivity contribution is 5.84. The van der Waals surface area contributed by atoms with E-state index in [1.54, 1.807) is 0 Å². The van der Waals surface area contributed by atoms with Crippen LogP contribution in [0.5, 0.6) is 0 Å². The molecule has 2 nitrogen and oxygen atoms in total. The van der Waals surface area contributed by atoms with Crippen LogP contribution >= 0.6 is 0 Å². The summed E-state index contributed by atoms with van der Waals surface area (Å²) >= 11 is 0. The number of pyridine rings is 1. The van der Waals surface area contributed by atoms with E-state index >= 15 is 0 Å². The van der Waals surface area contributed by atoms with Gasteiger partial charge in [0.2, 0.25) is 0 Å². The Balaban J connectivity index is 2.08. The van der Waals surface area contributed by atoms with Crippen LogP contribution in [0.3, 0.4) is 0 Å². The molecule has 1 aromatic heterocycles. The average Bonchev–Trinajstić information content (AvgIpc) is 2.39. The zero-order valence-electron chi connectivity index (χ0n) is 9.32. The van der Waals surface area contributed by atoms with E-state index in [-0.39, 0.29) is 0 Å². The van der Waals surface area contributed by atoms with Crippen molar-refractivity contribution in [3.8, 4) is 0 Å². The van der Waals surface area contributed by atoms with Gasteiger partial charge in [-0.1, -0.05) is 24.3 Å². The van der Waals surface area contributed by atoms with Crippen molar-refractivity contribution in [1.82, 2.24) is 10.3 Å². The summed E-state index contributed by atoms with van der Waals surface area (Å²) in [5.74, 6) is 0.583. The van der Waals surface area contributed by atoms with Crippen LogP contribution in [0.2, 0.25) is 0 Å². The Bertz CT molecular complexity index is 482. The van der Waals surface area contributed by atoms with Crippen molar-refractivity contribution in [2.45, 2.75) is 18.8 Å². The first kappa shape index (κ1) is 9.79. The summed E-state index contributed by atoms with van der Waals surface area (Å²) in [6, 6.07) is 10.6. The molecule has 1 aromatic carbocycles. The predicted molar refractivity (Wildman–Crippen MR) is 66.6 cm³/mol. The van der Waals surface area contributed by atoms with Crippen LogP contribution in [-0.4, -0.2) is 18.1 Å². The Labute approximate surface area is 95.7 Å². The quantitative estimate of drug-likeness (QED) is 0.786.